The lowest BCUT2D eigenvalue weighted by molar-refractivity contribution is 0.485. The normalized spacial score (nSPS) is 12.7. The van der Waals surface area contributed by atoms with Crippen LogP contribution in [-0.4, -0.2) is 22.6 Å². The van der Waals surface area contributed by atoms with E-state index in [1.165, 1.54) is 11.1 Å². The van der Waals surface area contributed by atoms with E-state index in [1.807, 2.05) is 19.4 Å². The number of benzene rings is 2. The Hall–Kier alpha value is -1.65. The van der Waals surface area contributed by atoms with Crippen LogP contribution in [0, 0.1) is 0 Å². The number of aromatic nitrogens is 2. The van der Waals surface area contributed by atoms with Crippen molar-refractivity contribution in [3.63, 3.8) is 0 Å². The monoisotopic (exact) mass is 343 g/mol. The SMILES string of the molecule is CNC(Cc1ccc(Br)cc1)Cn1cnc2ccccc21. The number of halogens is 1. The molecule has 0 saturated carbocycles. The summed E-state index contributed by atoms with van der Waals surface area (Å²) in [7, 11) is 2.02. The summed E-state index contributed by atoms with van der Waals surface area (Å²) < 4.78 is 3.34. The Morgan fingerprint density at radius 3 is 2.67 bits per heavy atom. The molecule has 0 radical (unpaired) electrons. The van der Waals surface area contributed by atoms with Crippen LogP contribution in [0.3, 0.4) is 0 Å². The molecule has 2 aromatic carbocycles. The second-order valence-corrected chi connectivity index (χ2v) is 6.12. The fraction of sp³-hybridized carbons (Fsp3) is 0.235. The highest BCUT2D eigenvalue weighted by molar-refractivity contribution is 9.10. The first-order chi connectivity index (χ1) is 10.3. The average molecular weight is 344 g/mol. The lowest BCUT2D eigenvalue weighted by Crippen LogP contribution is -2.32. The molecule has 0 aliphatic rings. The molecule has 3 rings (SSSR count). The van der Waals surface area contributed by atoms with Crippen molar-refractivity contribution in [2.45, 2.75) is 19.0 Å². The molecule has 1 heterocycles. The summed E-state index contributed by atoms with van der Waals surface area (Å²) in [5.41, 5.74) is 3.58. The number of para-hydroxylation sites is 2. The predicted octanol–water partition coefficient (Wildman–Crippen LogP) is 3.63. The molecule has 0 aliphatic carbocycles. The summed E-state index contributed by atoms with van der Waals surface area (Å²) >= 11 is 3.48. The van der Waals surface area contributed by atoms with E-state index in [0.29, 0.717) is 6.04 Å². The second-order valence-electron chi connectivity index (χ2n) is 5.20. The van der Waals surface area contributed by atoms with Crippen molar-refractivity contribution in [2.24, 2.45) is 0 Å². The number of rotatable bonds is 5. The highest BCUT2D eigenvalue weighted by Gasteiger charge is 2.10. The van der Waals surface area contributed by atoms with Gasteiger partial charge in [0.15, 0.2) is 0 Å². The maximum atomic E-state index is 4.45. The maximum Gasteiger partial charge on any atom is 0.0958 e. The van der Waals surface area contributed by atoms with E-state index in [-0.39, 0.29) is 0 Å². The molecule has 108 valence electrons. The molecule has 1 unspecified atom stereocenters. The third kappa shape index (κ3) is 3.34. The van der Waals surface area contributed by atoms with Gasteiger partial charge in [0.25, 0.3) is 0 Å². The van der Waals surface area contributed by atoms with Gasteiger partial charge in [0.05, 0.1) is 17.4 Å². The summed E-state index contributed by atoms with van der Waals surface area (Å²) in [6.45, 7) is 0.910. The van der Waals surface area contributed by atoms with E-state index in [1.54, 1.807) is 0 Å². The number of hydrogen-bond acceptors (Lipinski definition) is 2. The Bertz CT molecular complexity index is 718. The van der Waals surface area contributed by atoms with Crippen LogP contribution in [0.2, 0.25) is 0 Å². The van der Waals surface area contributed by atoms with Crippen molar-refractivity contribution in [1.82, 2.24) is 14.9 Å². The Morgan fingerprint density at radius 2 is 1.90 bits per heavy atom. The molecule has 4 heteroatoms. The van der Waals surface area contributed by atoms with Gasteiger partial charge < -0.3 is 9.88 Å². The van der Waals surface area contributed by atoms with Crippen molar-refractivity contribution in [2.75, 3.05) is 7.05 Å². The maximum absolute atomic E-state index is 4.45. The van der Waals surface area contributed by atoms with E-state index in [0.717, 1.165) is 23.0 Å². The topological polar surface area (TPSA) is 29.9 Å². The van der Waals surface area contributed by atoms with Gasteiger partial charge in [-0.3, -0.25) is 0 Å². The van der Waals surface area contributed by atoms with Gasteiger partial charge in [0, 0.05) is 17.1 Å². The summed E-state index contributed by atoms with van der Waals surface area (Å²) in [6.07, 6.45) is 2.92. The molecule has 0 aliphatic heterocycles. The summed E-state index contributed by atoms with van der Waals surface area (Å²) in [6, 6.07) is 17.2. The molecule has 21 heavy (non-hydrogen) atoms. The van der Waals surface area contributed by atoms with E-state index >= 15 is 0 Å². The number of nitrogens with one attached hydrogen (secondary N) is 1. The van der Waals surface area contributed by atoms with Crippen molar-refractivity contribution in [1.29, 1.82) is 0 Å². The second kappa shape index (κ2) is 6.41. The Morgan fingerprint density at radius 1 is 1.14 bits per heavy atom. The zero-order valence-electron chi connectivity index (χ0n) is 12.0. The summed E-state index contributed by atoms with van der Waals surface area (Å²) in [4.78, 5) is 4.45. The van der Waals surface area contributed by atoms with E-state index < -0.39 is 0 Å². The van der Waals surface area contributed by atoms with E-state index in [2.05, 4.69) is 73.3 Å². The molecule has 0 saturated heterocycles. The van der Waals surface area contributed by atoms with E-state index in [9.17, 15) is 0 Å². The van der Waals surface area contributed by atoms with Crippen LogP contribution >= 0.6 is 15.9 Å². The quantitative estimate of drug-likeness (QED) is 0.766. The largest absolute Gasteiger partial charge is 0.329 e. The van der Waals surface area contributed by atoms with Crippen LogP contribution in [0.5, 0.6) is 0 Å². The molecule has 1 N–H and O–H groups in total. The molecule has 0 spiro atoms. The van der Waals surface area contributed by atoms with Gasteiger partial charge in [-0.2, -0.15) is 0 Å². The fourth-order valence-corrected chi connectivity index (χ4v) is 2.82. The molecular weight excluding hydrogens is 326 g/mol. The highest BCUT2D eigenvalue weighted by Crippen LogP contribution is 2.15. The summed E-state index contributed by atoms with van der Waals surface area (Å²) in [5, 5.41) is 3.41. The first-order valence-corrected chi connectivity index (χ1v) is 7.87. The van der Waals surface area contributed by atoms with Crippen LogP contribution in [0.25, 0.3) is 11.0 Å². The molecule has 0 bridgehead atoms. The molecule has 3 aromatic rings. The van der Waals surface area contributed by atoms with Crippen LogP contribution in [0.15, 0.2) is 59.3 Å². The first kappa shape index (κ1) is 14.3. The molecule has 0 amide bonds. The minimum atomic E-state index is 0.379. The van der Waals surface area contributed by atoms with Gasteiger partial charge >= 0.3 is 0 Å². The number of likely N-dealkylation sites (N-methyl/N-ethyl adjacent to an activating group) is 1. The first-order valence-electron chi connectivity index (χ1n) is 7.08. The zero-order valence-corrected chi connectivity index (χ0v) is 13.5. The molecule has 1 atom stereocenters. The Balaban J connectivity index is 1.76. The van der Waals surface area contributed by atoms with Crippen LogP contribution in [0.1, 0.15) is 5.56 Å². The van der Waals surface area contributed by atoms with Crippen molar-refractivity contribution >= 4 is 27.0 Å². The fourth-order valence-electron chi connectivity index (χ4n) is 2.56. The third-order valence-corrected chi connectivity index (χ3v) is 4.28. The number of nitrogens with zero attached hydrogens (tertiary/aromatic N) is 2. The van der Waals surface area contributed by atoms with Crippen LogP contribution in [-0.2, 0) is 13.0 Å². The number of fused-ring (bicyclic) bond motifs is 1. The lowest BCUT2D eigenvalue weighted by atomic mass is 10.1. The molecule has 0 fully saturated rings. The lowest BCUT2D eigenvalue weighted by Gasteiger charge is -2.17. The van der Waals surface area contributed by atoms with E-state index in [4.69, 9.17) is 0 Å². The van der Waals surface area contributed by atoms with Crippen LogP contribution in [0.4, 0.5) is 0 Å². The number of hydrogen-bond donors (Lipinski definition) is 1. The van der Waals surface area contributed by atoms with Gasteiger partial charge in [-0.25, -0.2) is 4.98 Å². The van der Waals surface area contributed by atoms with Crippen molar-refractivity contribution in [3.8, 4) is 0 Å². The van der Waals surface area contributed by atoms with Gasteiger partial charge in [-0.1, -0.05) is 40.2 Å². The zero-order chi connectivity index (χ0) is 14.7. The Kier molecular flexibility index (Phi) is 4.36. The molecule has 3 nitrogen and oxygen atoms in total. The number of imidazole rings is 1. The van der Waals surface area contributed by atoms with Crippen molar-refractivity contribution < 1.29 is 0 Å². The molecular formula is C17H18BrN3. The van der Waals surface area contributed by atoms with Gasteiger partial charge in [-0.15, -0.1) is 0 Å². The standard InChI is InChI=1S/C17H18BrN3/c1-19-15(10-13-6-8-14(18)9-7-13)11-21-12-20-16-4-2-3-5-17(16)21/h2-9,12,15,19H,10-11H2,1H3. The minimum absolute atomic E-state index is 0.379. The van der Waals surface area contributed by atoms with Gasteiger partial charge in [0.1, 0.15) is 0 Å². The van der Waals surface area contributed by atoms with Crippen molar-refractivity contribution in [3.05, 3.63) is 64.9 Å². The van der Waals surface area contributed by atoms with Gasteiger partial charge in [0.2, 0.25) is 0 Å². The minimum Gasteiger partial charge on any atom is -0.329 e. The Labute approximate surface area is 133 Å². The van der Waals surface area contributed by atoms with Crippen LogP contribution < -0.4 is 5.32 Å². The highest BCUT2D eigenvalue weighted by atomic mass is 79.9. The average Bonchev–Trinajstić information content (AvgIpc) is 2.92. The predicted molar refractivity (Wildman–Crippen MR) is 90.4 cm³/mol. The smallest absolute Gasteiger partial charge is 0.0958 e. The van der Waals surface area contributed by atoms with Gasteiger partial charge in [-0.05, 0) is 43.3 Å². The third-order valence-electron chi connectivity index (χ3n) is 3.75. The summed E-state index contributed by atoms with van der Waals surface area (Å²) in [5.74, 6) is 0. The molecule has 1 aromatic heterocycles.